The molecule has 10 heavy (non-hydrogen) atoms. The molecule has 0 aliphatic heterocycles. The molecule has 0 amide bonds. The molecule has 0 bridgehead atoms. The molecule has 3 nitrogen and oxygen atoms in total. The van der Waals surface area contributed by atoms with Gasteiger partial charge in [0.2, 0.25) is 0 Å². The molecule has 0 heterocycles. The highest BCUT2D eigenvalue weighted by molar-refractivity contribution is 4.85. The molecule has 0 aromatic carbocycles. The van der Waals surface area contributed by atoms with E-state index in [0.29, 0.717) is 0 Å². The van der Waals surface area contributed by atoms with Crippen molar-refractivity contribution in [1.82, 2.24) is 0 Å². The van der Waals surface area contributed by atoms with Crippen LogP contribution in [-0.2, 0) is 0 Å². The lowest BCUT2D eigenvalue weighted by molar-refractivity contribution is 0.196. The first-order valence-electron chi connectivity index (χ1n) is 3.51. The summed E-state index contributed by atoms with van der Waals surface area (Å²) >= 11 is 0. The quantitative estimate of drug-likeness (QED) is 0.500. The minimum atomic E-state index is -0.306. The Morgan fingerprint density at radius 1 is 1.30 bits per heavy atom. The number of aliphatic hydroxyl groups excluding tert-OH is 1. The van der Waals surface area contributed by atoms with Crippen LogP contribution in [0.4, 0.5) is 0 Å². The first-order chi connectivity index (χ1) is 4.39. The van der Waals surface area contributed by atoms with Gasteiger partial charge < -0.3 is 16.6 Å². The maximum Gasteiger partial charge on any atom is 0.0597 e. The first-order valence-corrected chi connectivity index (χ1v) is 3.51. The average Bonchev–Trinajstić information content (AvgIpc) is 1.83. The van der Waals surface area contributed by atoms with Crippen LogP contribution in [-0.4, -0.2) is 23.8 Å². The predicted octanol–water partition coefficient (Wildman–Crippen LogP) is -0.321. The lowest BCUT2D eigenvalue weighted by Crippen LogP contribution is -2.51. The molecule has 0 saturated heterocycles. The SMILES string of the molecule is CC(C)(C)C(N)C(N)CO. The largest absolute Gasteiger partial charge is 0.395 e. The number of rotatable bonds is 2. The first kappa shape index (κ1) is 9.88. The summed E-state index contributed by atoms with van der Waals surface area (Å²) in [5, 5.41) is 8.66. The van der Waals surface area contributed by atoms with Crippen molar-refractivity contribution in [2.24, 2.45) is 16.9 Å². The van der Waals surface area contributed by atoms with E-state index in [1.165, 1.54) is 0 Å². The summed E-state index contributed by atoms with van der Waals surface area (Å²) in [4.78, 5) is 0. The smallest absolute Gasteiger partial charge is 0.0597 e. The summed E-state index contributed by atoms with van der Waals surface area (Å²) in [6.07, 6.45) is 0. The highest BCUT2D eigenvalue weighted by atomic mass is 16.3. The van der Waals surface area contributed by atoms with Crippen LogP contribution in [0.3, 0.4) is 0 Å². The highest BCUT2D eigenvalue weighted by Crippen LogP contribution is 2.18. The zero-order valence-corrected chi connectivity index (χ0v) is 6.96. The molecule has 0 radical (unpaired) electrons. The Hall–Kier alpha value is -0.120. The van der Waals surface area contributed by atoms with Gasteiger partial charge >= 0.3 is 0 Å². The van der Waals surface area contributed by atoms with E-state index in [1.54, 1.807) is 0 Å². The van der Waals surface area contributed by atoms with Crippen LogP contribution in [0.25, 0.3) is 0 Å². The van der Waals surface area contributed by atoms with E-state index in [4.69, 9.17) is 16.6 Å². The summed E-state index contributed by atoms with van der Waals surface area (Å²) in [6.45, 7) is 5.98. The Morgan fingerprint density at radius 2 is 1.70 bits per heavy atom. The molecule has 0 aromatic heterocycles. The van der Waals surface area contributed by atoms with E-state index in [-0.39, 0.29) is 24.1 Å². The molecular weight excluding hydrogens is 128 g/mol. The third kappa shape index (κ3) is 2.64. The van der Waals surface area contributed by atoms with Crippen LogP contribution in [0.1, 0.15) is 20.8 Å². The van der Waals surface area contributed by atoms with Gasteiger partial charge in [-0.25, -0.2) is 0 Å². The van der Waals surface area contributed by atoms with E-state index in [1.807, 2.05) is 20.8 Å². The third-order valence-corrected chi connectivity index (χ3v) is 1.67. The van der Waals surface area contributed by atoms with Crippen molar-refractivity contribution in [3.05, 3.63) is 0 Å². The topological polar surface area (TPSA) is 72.3 Å². The van der Waals surface area contributed by atoms with Crippen LogP contribution >= 0.6 is 0 Å². The zero-order chi connectivity index (χ0) is 8.36. The molecule has 62 valence electrons. The fourth-order valence-electron chi connectivity index (χ4n) is 0.756. The van der Waals surface area contributed by atoms with Crippen LogP contribution in [0.15, 0.2) is 0 Å². The fourth-order valence-corrected chi connectivity index (χ4v) is 0.756. The van der Waals surface area contributed by atoms with Gasteiger partial charge in [-0.15, -0.1) is 0 Å². The summed E-state index contributed by atoms with van der Waals surface area (Å²) in [7, 11) is 0. The molecule has 0 aliphatic carbocycles. The van der Waals surface area contributed by atoms with Gasteiger partial charge in [-0.2, -0.15) is 0 Å². The van der Waals surface area contributed by atoms with Gasteiger partial charge in [0.15, 0.2) is 0 Å². The Balaban J connectivity index is 3.94. The van der Waals surface area contributed by atoms with Gasteiger partial charge in [-0.1, -0.05) is 20.8 Å². The Kier molecular flexibility index (Phi) is 3.28. The number of aliphatic hydroxyl groups is 1. The third-order valence-electron chi connectivity index (χ3n) is 1.67. The maximum absolute atomic E-state index is 8.66. The Morgan fingerprint density at radius 3 is 1.80 bits per heavy atom. The summed E-state index contributed by atoms with van der Waals surface area (Å²) in [5.74, 6) is 0. The molecular formula is C7H18N2O. The van der Waals surface area contributed by atoms with Crippen molar-refractivity contribution in [2.75, 3.05) is 6.61 Å². The van der Waals surface area contributed by atoms with Crippen molar-refractivity contribution in [3.63, 3.8) is 0 Å². The van der Waals surface area contributed by atoms with Crippen LogP contribution in [0.5, 0.6) is 0 Å². The van der Waals surface area contributed by atoms with Gasteiger partial charge in [-0.05, 0) is 5.41 Å². The molecule has 3 heteroatoms. The van der Waals surface area contributed by atoms with Gasteiger partial charge in [-0.3, -0.25) is 0 Å². The minimum absolute atomic E-state index is 0.0256. The number of nitrogens with two attached hydrogens (primary N) is 2. The van der Waals surface area contributed by atoms with Crippen LogP contribution in [0.2, 0.25) is 0 Å². The maximum atomic E-state index is 8.66. The second kappa shape index (κ2) is 3.32. The van der Waals surface area contributed by atoms with Gasteiger partial charge in [0.1, 0.15) is 0 Å². The molecule has 5 N–H and O–H groups in total. The van der Waals surface area contributed by atoms with Gasteiger partial charge in [0.25, 0.3) is 0 Å². The Bertz CT molecular complexity index is 98.3. The summed E-state index contributed by atoms with van der Waals surface area (Å²) in [5.41, 5.74) is 11.2. The van der Waals surface area contributed by atoms with E-state index in [2.05, 4.69) is 0 Å². The number of hydrogen-bond acceptors (Lipinski definition) is 3. The molecule has 0 rings (SSSR count). The molecule has 0 spiro atoms. The summed E-state index contributed by atoms with van der Waals surface area (Å²) in [6, 6.07) is -0.447. The Labute approximate surface area is 62.4 Å². The molecule has 2 atom stereocenters. The van der Waals surface area contributed by atoms with Gasteiger partial charge in [0, 0.05) is 12.1 Å². The lowest BCUT2D eigenvalue weighted by atomic mass is 9.83. The van der Waals surface area contributed by atoms with Crippen molar-refractivity contribution in [1.29, 1.82) is 0 Å². The second-order valence-electron chi connectivity index (χ2n) is 3.74. The van der Waals surface area contributed by atoms with Crippen molar-refractivity contribution in [2.45, 2.75) is 32.9 Å². The normalized spacial score (nSPS) is 18.6. The number of hydrogen-bond donors (Lipinski definition) is 3. The molecule has 0 saturated carbocycles. The summed E-state index contributed by atoms with van der Waals surface area (Å²) < 4.78 is 0. The van der Waals surface area contributed by atoms with E-state index in [9.17, 15) is 0 Å². The standard InChI is InChI=1S/C7H18N2O/c1-7(2,3)6(9)5(8)4-10/h5-6,10H,4,8-9H2,1-3H3. The lowest BCUT2D eigenvalue weighted by Gasteiger charge is -2.30. The van der Waals surface area contributed by atoms with Crippen LogP contribution in [0, 0.1) is 5.41 Å². The highest BCUT2D eigenvalue weighted by Gasteiger charge is 2.25. The molecule has 0 aromatic rings. The predicted molar refractivity (Wildman–Crippen MR) is 42.5 cm³/mol. The molecule has 0 fully saturated rings. The monoisotopic (exact) mass is 146 g/mol. The minimum Gasteiger partial charge on any atom is -0.395 e. The zero-order valence-electron chi connectivity index (χ0n) is 6.96. The fraction of sp³-hybridized carbons (Fsp3) is 1.00. The van der Waals surface area contributed by atoms with Crippen molar-refractivity contribution < 1.29 is 5.11 Å². The van der Waals surface area contributed by atoms with Gasteiger partial charge in [0.05, 0.1) is 6.61 Å². The van der Waals surface area contributed by atoms with Crippen molar-refractivity contribution in [3.8, 4) is 0 Å². The molecule has 2 unspecified atom stereocenters. The van der Waals surface area contributed by atoms with Crippen molar-refractivity contribution >= 4 is 0 Å². The van der Waals surface area contributed by atoms with E-state index < -0.39 is 0 Å². The van der Waals surface area contributed by atoms with E-state index >= 15 is 0 Å². The second-order valence-corrected chi connectivity index (χ2v) is 3.74. The van der Waals surface area contributed by atoms with Crippen LogP contribution < -0.4 is 11.5 Å². The average molecular weight is 146 g/mol. The molecule has 0 aliphatic rings. The van der Waals surface area contributed by atoms with E-state index in [0.717, 1.165) is 0 Å².